The zero-order valence-corrected chi connectivity index (χ0v) is 8.85. The van der Waals surface area contributed by atoms with Gasteiger partial charge in [-0.25, -0.2) is 0 Å². The molecule has 0 radical (unpaired) electrons. The summed E-state index contributed by atoms with van der Waals surface area (Å²) in [6, 6.07) is 0. The van der Waals surface area contributed by atoms with Crippen molar-refractivity contribution < 1.29 is 0 Å². The van der Waals surface area contributed by atoms with E-state index in [0.29, 0.717) is 0 Å². The Morgan fingerprint density at radius 1 is 1.25 bits per heavy atom. The van der Waals surface area contributed by atoms with E-state index >= 15 is 0 Å². The van der Waals surface area contributed by atoms with Gasteiger partial charge in [-0.2, -0.15) is 0 Å². The van der Waals surface area contributed by atoms with Crippen LogP contribution in [-0.2, 0) is 0 Å². The summed E-state index contributed by atoms with van der Waals surface area (Å²) in [6.45, 7) is 11.1. The first kappa shape index (κ1) is 11.5. The Labute approximate surface area is 77.1 Å². The van der Waals surface area contributed by atoms with Crippen molar-refractivity contribution in [2.75, 3.05) is 13.1 Å². The lowest BCUT2D eigenvalue weighted by Crippen LogP contribution is -2.42. The Hall–Kier alpha value is -0.480. The average molecular weight is 167 g/mol. The number of hydrogen-bond donors (Lipinski definition) is 0. The van der Waals surface area contributed by atoms with E-state index in [0.717, 1.165) is 19.5 Å². The van der Waals surface area contributed by atoms with Crippen molar-refractivity contribution in [2.24, 2.45) is 0 Å². The van der Waals surface area contributed by atoms with E-state index in [-0.39, 0.29) is 5.54 Å². The molecule has 0 bridgehead atoms. The molecule has 0 aliphatic rings. The van der Waals surface area contributed by atoms with Crippen LogP contribution in [0.15, 0.2) is 0 Å². The summed E-state index contributed by atoms with van der Waals surface area (Å²) in [5.41, 5.74) is 0.257. The van der Waals surface area contributed by atoms with E-state index in [9.17, 15) is 0 Å². The summed E-state index contributed by atoms with van der Waals surface area (Å²) in [4.78, 5) is 2.44. The van der Waals surface area contributed by atoms with Gasteiger partial charge in [-0.05, 0) is 33.7 Å². The fourth-order valence-electron chi connectivity index (χ4n) is 1.25. The van der Waals surface area contributed by atoms with Crippen LogP contribution in [0.2, 0.25) is 0 Å². The zero-order chi connectivity index (χ0) is 9.61. The molecule has 0 aromatic carbocycles. The first-order chi connectivity index (χ1) is 5.52. The van der Waals surface area contributed by atoms with Gasteiger partial charge in [0, 0.05) is 18.5 Å². The molecule has 0 saturated carbocycles. The fourth-order valence-corrected chi connectivity index (χ4v) is 1.25. The fraction of sp³-hybridized carbons (Fsp3) is 0.818. The van der Waals surface area contributed by atoms with Crippen LogP contribution in [0, 0.1) is 12.3 Å². The van der Waals surface area contributed by atoms with Crippen LogP contribution in [0.25, 0.3) is 0 Å². The third-order valence-electron chi connectivity index (χ3n) is 1.97. The maximum atomic E-state index is 5.24. The molecule has 0 saturated heterocycles. The second-order valence-corrected chi connectivity index (χ2v) is 4.11. The van der Waals surface area contributed by atoms with Gasteiger partial charge < -0.3 is 0 Å². The van der Waals surface area contributed by atoms with Crippen molar-refractivity contribution in [3.05, 3.63) is 0 Å². The normalized spacial score (nSPS) is 11.7. The van der Waals surface area contributed by atoms with Crippen LogP contribution in [-0.4, -0.2) is 23.5 Å². The first-order valence-corrected chi connectivity index (χ1v) is 4.71. The molecule has 1 heteroatoms. The molecule has 70 valence electrons. The average Bonchev–Trinajstić information content (AvgIpc) is 1.95. The smallest absolute Gasteiger partial charge is 0.0214 e. The highest BCUT2D eigenvalue weighted by molar-refractivity contribution is 4.87. The summed E-state index contributed by atoms with van der Waals surface area (Å²) < 4.78 is 0. The van der Waals surface area contributed by atoms with Crippen LogP contribution in [0.4, 0.5) is 0 Å². The highest BCUT2D eigenvalue weighted by Gasteiger charge is 2.18. The molecule has 0 aliphatic carbocycles. The molecule has 0 spiro atoms. The van der Waals surface area contributed by atoms with Gasteiger partial charge in [0.2, 0.25) is 0 Å². The molecular weight excluding hydrogens is 146 g/mol. The minimum absolute atomic E-state index is 0.257. The molecule has 0 amide bonds. The second-order valence-electron chi connectivity index (χ2n) is 4.11. The Bertz CT molecular complexity index is 147. The first-order valence-electron chi connectivity index (χ1n) is 4.71. The SMILES string of the molecule is C#CCCN(CCC)C(C)(C)C. The van der Waals surface area contributed by atoms with Crippen molar-refractivity contribution in [3.8, 4) is 12.3 Å². The Kier molecular flexibility index (Phi) is 5.01. The number of hydrogen-bond acceptors (Lipinski definition) is 1. The van der Waals surface area contributed by atoms with Crippen LogP contribution in [0.1, 0.15) is 40.5 Å². The van der Waals surface area contributed by atoms with Gasteiger partial charge >= 0.3 is 0 Å². The maximum Gasteiger partial charge on any atom is 0.0214 e. The van der Waals surface area contributed by atoms with Crippen LogP contribution < -0.4 is 0 Å². The Balaban J connectivity index is 3.97. The van der Waals surface area contributed by atoms with Gasteiger partial charge in [0.15, 0.2) is 0 Å². The lowest BCUT2D eigenvalue weighted by atomic mass is 10.1. The van der Waals surface area contributed by atoms with Gasteiger partial charge in [-0.15, -0.1) is 12.3 Å². The summed E-state index contributed by atoms with van der Waals surface area (Å²) in [6.07, 6.45) is 7.29. The quantitative estimate of drug-likeness (QED) is 0.582. The predicted octanol–water partition coefficient (Wildman–Crippen LogP) is 2.52. The Morgan fingerprint density at radius 3 is 2.17 bits per heavy atom. The monoisotopic (exact) mass is 167 g/mol. The van der Waals surface area contributed by atoms with Gasteiger partial charge in [0.05, 0.1) is 0 Å². The highest BCUT2D eigenvalue weighted by Crippen LogP contribution is 2.13. The molecule has 0 fully saturated rings. The minimum atomic E-state index is 0.257. The molecule has 0 atom stereocenters. The van der Waals surface area contributed by atoms with Crippen LogP contribution >= 0.6 is 0 Å². The van der Waals surface area contributed by atoms with E-state index in [1.165, 1.54) is 6.42 Å². The van der Waals surface area contributed by atoms with Crippen molar-refractivity contribution in [1.29, 1.82) is 0 Å². The van der Waals surface area contributed by atoms with Crippen molar-refractivity contribution >= 4 is 0 Å². The predicted molar refractivity (Wildman–Crippen MR) is 55.1 cm³/mol. The van der Waals surface area contributed by atoms with Crippen molar-refractivity contribution in [1.82, 2.24) is 4.90 Å². The van der Waals surface area contributed by atoms with E-state index in [1.54, 1.807) is 0 Å². The Morgan fingerprint density at radius 2 is 1.83 bits per heavy atom. The number of terminal acetylenes is 1. The third-order valence-corrected chi connectivity index (χ3v) is 1.97. The second kappa shape index (κ2) is 5.22. The topological polar surface area (TPSA) is 3.24 Å². The molecule has 0 N–H and O–H groups in total. The van der Waals surface area contributed by atoms with E-state index in [1.807, 2.05) is 0 Å². The lowest BCUT2D eigenvalue weighted by Gasteiger charge is -2.35. The molecular formula is C11H21N. The molecule has 0 rings (SSSR count). The summed E-state index contributed by atoms with van der Waals surface area (Å²) in [5.74, 6) is 2.69. The van der Waals surface area contributed by atoms with Crippen LogP contribution in [0.3, 0.4) is 0 Å². The van der Waals surface area contributed by atoms with Crippen molar-refractivity contribution in [3.63, 3.8) is 0 Å². The zero-order valence-electron chi connectivity index (χ0n) is 8.85. The largest absolute Gasteiger partial charge is 0.298 e. The standard InChI is InChI=1S/C11H21N/c1-6-8-10-12(9-7-2)11(3,4)5/h1H,7-10H2,2-5H3. The molecule has 0 aromatic heterocycles. The molecule has 0 aromatic rings. The maximum absolute atomic E-state index is 5.24. The highest BCUT2D eigenvalue weighted by atomic mass is 15.2. The third kappa shape index (κ3) is 4.41. The minimum Gasteiger partial charge on any atom is -0.298 e. The molecule has 0 aliphatic heterocycles. The summed E-state index contributed by atoms with van der Waals surface area (Å²) in [7, 11) is 0. The molecule has 1 nitrogen and oxygen atoms in total. The van der Waals surface area contributed by atoms with Gasteiger partial charge in [-0.3, -0.25) is 4.90 Å². The van der Waals surface area contributed by atoms with E-state index < -0.39 is 0 Å². The van der Waals surface area contributed by atoms with Gasteiger partial charge in [0.25, 0.3) is 0 Å². The molecule has 12 heavy (non-hydrogen) atoms. The van der Waals surface area contributed by atoms with Gasteiger partial charge in [-0.1, -0.05) is 6.92 Å². The number of rotatable bonds is 4. The number of nitrogens with zero attached hydrogens (tertiary/aromatic N) is 1. The van der Waals surface area contributed by atoms with Crippen molar-refractivity contribution in [2.45, 2.75) is 46.1 Å². The molecule has 0 heterocycles. The van der Waals surface area contributed by atoms with Gasteiger partial charge in [0.1, 0.15) is 0 Å². The lowest BCUT2D eigenvalue weighted by molar-refractivity contribution is 0.140. The van der Waals surface area contributed by atoms with Crippen LogP contribution in [0.5, 0.6) is 0 Å². The molecule has 0 unspecified atom stereocenters. The summed E-state index contributed by atoms with van der Waals surface area (Å²) in [5, 5.41) is 0. The van der Waals surface area contributed by atoms with E-state index in [4.69, 9.17) is 6.42 Å². The van der Waals surface area contributed by atoms with E-state index in [2.05, 4.69) is 38.5 Å². The summed E-state index contributed by atoms with van der Waals surface area (Å²) >= 11 is 0.